The smallest absolute Gasteiger partial charge is 0.267 e. The second kappa shape index (κ2) is 4.61. The fourth-order valence-corrected chi connectivity index (χ4v) is 2.95. The lowest BCUT2D eigenvalue weighted by Crippen LogP contribution is -2.09. The molecule has 0 atom stereocenters. The van der Waals surface area contributed by atoms with Gasteiger partial charge in [-0.2, -0.15) is 0 Å². The Morgan fingerprint density at radius 1 is 1.47 bits per heavy atom. The second-order valence-electron chi connectivity index (χ2n) is 2.53. The van der Waals surface area contributed by atoms with E-state index in [-0.39, 0.29) is 5.91 Å². The number of thiazole rings is 1. The van der Waals surface area contributed by atoms with Crippen LogP contribution >= 0.6 is 50.2 Å². The number of nitrogens with one attached hydrogen (secondary N) is 1. The highest BCUT2D eigenvalue weighted by Crippen LogP contribution is 2.25. The monoisotopic (exact) mass is 322 g/mol. The van der Waals surface area contributed by atoms with E-state index in [0.717, 1.165) is 3.79 Å². The topological polar surface area (TPSA) is 42.0 Å². The van der Waals surface area contributed by atoms with Gasteiger partial charge in [0.2, 0.25) is 0 Å². The first-order valence-electron chi connectivity index (χ1n) is 3.83. The van der Waals surface area contributed by atoms with Crippen molar-refractivity contribution in [2.45, 2.75) is 0 Å². The van der Waals surface area contributed by atoms with Crippen molar-refractivity contribution in [3.8, 4) is 0 Å². The van der Waals surface area contributed by atoms with Crippen LogP contribution in [-0.2, 0) is 0 Å². The Morgan fingerprint density at radius 3 is 2.80 bits per heavy atom. The maximum absolute atomic E-state index is 11.6. The van der Waals surface area contributed by atoms with Crippen molar-refractivity contribution in [3.63, 3.8) is 0 Å². The molecule has 0 aliphatic heterocycles. The summed E-state index contributed by atoms with van der Waals surface area (Å²) in [5.74, 6) is -0.186. The van der Waals surface area contributed by atoms with Crippen LogP contribution in [0.25, 0.3) is 0 Å². The quantitative estimate of drug-likeness (QED) is 0.911. The summed E-state index contributed by atoms with van der Waals surface area (Å²) in [5.41, 5.74) is 0. The van der Waals surface area contributed by atoms with Gasteiger partial charge >= 0.3 is 0 Å². The van der Waals surface area contributed by atoms with Crippen molar-refractivity contribution in [2.24, 2.45) is 0 Å². The number of halogens is 2. The van der Waals surface area contributed by atoms with Gasteiger partial charge in [0.05, 0.1) is 19.2 Å². The van der Waals surface area contributed by atoms with Crippen molar-refractivity contribution in [3.05, 3.63) is 31.3 Å². The number of hydrogen-bond acceptors (Lipinski definition) is 4. The molecule has 2 heterocycles. The molecule has 15 heavy (non-hydrogen) atoms. The fraction of sp³-hybridized carbons (Fsp3) is 0. The SMILES string of the molecule is O=C(Nc1ncc(Br)s1)c1ccc(Cl)s1. The fourth-order valence-electron chi connectivity index (χ4n) is 0.907. The minimum atomic E-state index is -0.186. The van der Waals surface area contributed by atoms with Crippen LogP contribution in [0.1, 0.15) is 9.67 Å². The molecule has 0 aliphatic rings. The third-order valence-electron chi connectivity index (χ3n) is 1.49. The molecule has 2 rings (SSSR count). The Kier molecular flexibility index (Phi) is 3.40. The van der Waals surface area contributed by atoms with Crippen LogP contribution in [-0.4, -0.2) is 10.9 Å². The molecule has 0 saturated heterocycles. The molecular formula is C8H4BrClN2OS2. The Morgan fingerprint density at radius 2 is 2.27 bits per heavy atom. The third kappa shape index (κ3) is 2.78. The normalized spacial score (nSPS) is 10.3. The van der Waals surface area contributed by atoms with Gasteiger partial charge in [0, 0.05) is 0 Å². The Bertz CT molecular complexity index is 496. The average molecular weight is 324 g/mol. The summed E-state index contributed by atoms with van der Waals surface area (Å²) in [6, 6.07) is 3.38. The van der Waals surface area contributed by atoms with Crippen molar-refractivity contribution in [2.75, 3.05) is 5.32 Å². The maximum atomic E-state index is 11.6. The van der Waals surface area contributed by atoms with E-state index in [4.69, 9.17) is 11.6 Å². The number of rotatable bonds is 2. The molecular weight excluding hydrogens is 320 g/mol. The molecule has 1 N–H and O–H groups in total. The Balaban J connectivity index is 2.10. The first-order chi connectivity index (χ1) is 7.15. The largest absolute Gasteiger partial charge is 0.297 e. The van der Waals surface area contributed by atoms with Gasteiger partial charge < -0.3 is 0 Å². The van der Waals surface area contributed by atoms with Gasteiger partial charge in [-0.25, -0.2) is 4.98 Å². The summed E-state index contributed by atoms with van der Waals surface area (Å²) < 4.78 is 1.47. The number of carbonyl (C=O) groups excluding carboxylic acids is 1. The number of aromatic nitrogens is 1. The third-order valence-corrected chi connectivity index (χ3v) is 4.12. The number of nitrogens with zero attached hydrogens (tertiary/aromatic N) is 1. The van der Waals surface area contributed by atoms with E-state index < -0.39 is 0 Å². The van der Waals surface area contributed by atoms with Crippen LogP contribution in [0.4, 0.5) is 5.13 Å². The molecule has 0 spiro atoms. The van der Waals surface area contributed by atoms with Crippen LogP contribution in [0.5, 0.6) is 0 Å². The molecule has 0 aliphatic carbocycles. The van der Waals surface area contributed by atoms with Crippen molar-refractivity contribution in [1.29, 1.82) is 0 Å². The number of amides is 1. The first-order valence-corrected chi connectivity index (χ1v) is 6.63. The van der Waals surface area contributed by atoms with Crippen LogP contribution in [0.3, 0.4) is 0 Å². The van der Waals surface area contributed by atoms with E-state index in [1.54, 1.807) is 18.3 Å². The van der Waals surface area contributed by atoms with Gasteiger partial charge in [-0.3, -0.25) is 10.1 Å². The minimum absolute atomic E-state index is 0.186. The molecule has 0 saturated carbocycles. The first kappa shape index (κ1) is 11.1. The summed E-state index contributed by atoms with van der Waals surface area (Å²) in [6.45, 7) is 0. The molecule has 0 fully saturated rings. The highest BCUT2D eigenvalue weighted by Gasteiger charge is 2.10. The zero-order chi connectivity index (χ0) is 10.8. The zero-order valence-electron chi connectivity index (χ0n) is 7.16. The molecule has 0 bridgehead atoms. The van der Waals surface area contributed by atoms with Crippen LogP contribution < -0.4 is 5.32 Å². The Labute approximate surface area is 107 Å². The van der Waals surface area contributed by atoms with E-state index in [9.17, 15) is 4.79 Å². The van der Waals surface area contributed by atoms with Crippen molar-refractivity contribution >= 4 is 61.2 Å². The van der Waals surface area contributed by atoms with Crippen molar-refractivity contribution < 1.29 is 4.79 Å². The lowest BCUT2D eigenvalue weighted by molar-refractivity contribution is 0.103. The van der Waals surface area contributed by atoms with E-state index >= 15 is 0 Å². The number of hydrogen-bond donors (Lipinski definition) is 1. The number of anilines is 1. The molecule has 2 aromatic rings. The predicted molar refractivity (Wildman–Crippen MR) is 67.1 cm³/mol. The summed E-state index contributed by atoms with van der Waals surface area (Å²) in [7, 11) is 0. The maximum Gasteiger partial charge on any atom is 0.267 e. The second-order valence-corrected chi connectivity index (χ2v) is 6.65. The van der Waals surface area contributed by atoms with Gasteiger partial charge in [0.1, 0.15) is 0 Å². The lowest BCUT2D eigenvalue weighted by Gasteiger charge is -1.96. The summed E-state index contributed by atoms with van der Waals surface area (Å²) in [4.78, 5) is 16.2. The van der Waals surface area contributed by atoms with Gasteiger partial charge in [-0.15, -0.1) is 11.3 Å². The van der Waals surface area contributed by atoms with Gasteiger partial charge in [0.25, 0.3) is 5.91 Å². The van der Waals surface area contributed by atoms with Crippen LogP contribution in [0.15, 0.2) is 22.1 Å². The molecule has 0 unspecified atom stereocenters. The van der Waals surface area contributed by atoms with Gasteiger partial charge in [0.15, 0.2) is 5.13 Å². The standard InChI is InChI=1S/C8H4BrClN2OS2/c9-5-3-11-8(15-5)12-7(13)4-1-2-6(10)14-4/h1-3H,(H,11,12,13). The van der Waals surface area contributed by atoms with Crippen LogP contribution in [0.2, 0.25) is 4.34 Å². The predicted octanol–water partition coefficient (Wildman–Crippen LogP) is 3.87. The summed E-state index contributed by atoms with van der Waals surface area (Å²) in [6.07, 6.45) is 1.64. The zero-order valence-corrected chi connectivity index (χ0v) is 11.1. The van der Waals surface area contributed by atoms with E-state index in [2.05, 4.69) is 26.2 Å². The highest BCUT2D eigenvalue weighted by atomic mass is 79.9. The molecule has 7 heteroatoms. The Hall–Kier alpha value is -0.430. The highest BCUT2D eigenvalue weighted by molar-refractivity contribution is 9.11. The minimum Gasteiger partial charge on any atom is -0.297 e. The molecule has 0 aromatic carbocycles. The average Bonchev–Trinajstić information content (AvgIpc) is 2.75. The molecule has 1 amide bonds. The summed E-state index contributed by atoms with van der Waals surface area (Å²) in [5, 5.41) is 3.25. The molecule has 78 valence electrons. The molecule has 2 aromatic heterocycles. The van der Waals surface area contributed by atoms with E-state index in [0.29, 0.717) is 14.3 Å². The number of carbonyl (C=O) groups is 1. The van der Waals surface area contributed by atoms with Crippen molar-refractivity contribution in [1.82, 2.24) is 4.98 Å². The molecule has 3 nitrogen and oxygen atoms in total. The van der Waals surface area contributed by atoms with Crippen LogP contribution in [0, 0.1) is 0 Å². The molecule has 0 radical (unpaired) electrons. The van der Waals surface area contributed by atoms with E-state index in [1.807, 2.05) is 0 Å². The van der Waals surface area contributed by atoms with Gasteiger partial charge in [-0.05, 0) is 28.1 Å². The number of thiophene rings is 1. The lowest BCUT2D eigenvalue weighted by atomic mass is 10.4. The van der Waals surface area contributed by atoms with E-state index in [1.165, 1.54) is 22.7 Å². The summed E-state index contributed by atoms with van der Waals surface area (Å²) >= 11 is 11.6. The van der Waals surface area contributed by atoms with Gasteiger partial charge in [-0.1, -0.05) is 22.9 Å².